The van der Waals surface area contributed by atoms with Crippen molar-refractivity contribution in [3.8, 4) is 11.1 Å². The summed E-state index contributed by atoms with van der Waals surface area (Å²) in [7, 11) is -4.94. The maximum atomic E-state index is 12.1. The molecule has 0 bridgehead atoms. The maximum absolute atomic E-state index is 12.1. The molecule has 3 aromatic rings. The van der Waals surface area contributed by atoms with E-state index in [-0.39, 0.29) is 5.91 Å². The van der Waals surface area contributed by atoms with Crippen molar-refractivity contribution >= 4 is 17.4 Å². The van der Waals surface area contributed by atoms with Gasteiger partial charge in [-0.3, -0.25) is 4.79 Å². The van der Waals surface area contributed by atoms with Gasteiger partial charge in [-0.15, -0.1) is 15.7 Å². The topological polar surface area (TPSA) is 125 Å². The van der Waals surface area contributed by atoms with Crippen molar-refractivity contribution in [2.75, 3.05) is 5.43 Å². The Morgan fingerprint density at radius 3 is 2.00 bits per heavy atom. The van der Waals surface area contributed by atoms with Crippen LogP contribution in [0.4, 0.5) is 0 Å². The van der Waals surface area contributed by atoms with Crippen molar-refractivity contribution in [1.29, 1.82) is 0 Å². The molecule has 1 heterocycles. The highest BCUT2D eigenvalue weighted by molar-refractivity contribution is 7.02. The molecule has 136 valence electrons. The van der Waals surface area contributed by atoms with E-state index in [1.54, 1.807) is 16.2 Å². The lowest BCUT2D eigenvalue weighted by atomic mass is 10.1. The van der Waals surface area contributed by atoms with Crippen molar-refractivity contribution in [2.45, 2.75) is 6.92 Å². The van der Waals surface area contributed by atoms with Gasteiger partial charge in [0, 0.05) is 5.56 Å². The Morgan fingerprint density at radius 1 is 0.962 bits per heavy atom. The number of halogens is 1. The van der Waals surface area contributed by atoms with Crippen molar-refractivity contribution in [1.82, 2.24) is 0 Å². The van der Waals surface area contributed by atoms with Gasteiger partial charge >= 0.3 is 5.91 Å². The van der Waals surface area contributed by atoms with E-state index < -0.39 is 10.2 Å². The second-order valence-corrected chi connectivity index (χ2v) is 7.01. The molecule has 0 aliphatic carbocycles. The van der Waals surface area contributed by atoms with Gasteiger partial charge < -0.3 is 0 Å². The lowest BCUT2D eigenvalue weighted by molar-refractivity contribution is -2.00. The third-order valence-electron chi connectivity index (χ3n) is 3.19. The van der Waals surface area contributed by atoms with Gasteiger partial charge in [-0.25, -0.2) is 18.6 Å². The summed E-state index contributed by atoms with van der Waals surface area (Å²) in [5.74, 6) is -0.110. The number of amides is 1. The number of hydrogen-bond donors (Lipinski definition) is 1. The first kappa shape index (κ1) is 20.0. The summed E-state index contributed by atoms with van der Waals surface area (Å²) < 4.78 is 35.7. The fourth-order valence-electron chi connectivity index (χ4n) is 2.14. The van der Waals surface area contributed by atoms with Crippen LogP contribution in [0.25, 0.3) is 11.1 Å². The molecule has 3 rings (SSSR count). The van der Waals surface area contributed by atoms with Crippen molar-refractivity contribution in [3.63, 3.8) is 0 Å². The fraction of sp³-hybridized carbons (Fsp3) is 0.0588. The average Bonchev–Trinajstić information content (AvgIpc) is 2.95. The van der Waals surface area contributed by atoms with Crippen molar-refractivity contribution < 1.29 is 37.7 Å². The molecule has 2 aromatic carbocycles. The van der Waals surface area contributed by atoms with Gasteiger partial charge in [0.05, 0.1) is 10.4 Å². The van der Waals surface area contributed by atoms with Gasteiger partial charge in [-0.05, 0) is 28.7 Å². The quantitative estimate of drug-likeness (QED) is 0.549. The zero-order valence-electron chi connectivity index (χ0n) is 13.6. The average molecular weight is 395 g/mol. The largest absolute Gasteiger partial charge is 0.306 e. The fourth-order valence-corrected chi connectivity index (χ4v) is 2.99. The molecule has 7 nitrogen and oxygen atoms in total. The minimum atomic E-state index is -4.94. The molecule has 0 saturated heterocycles. The number of hydrogen-bond acceptors (Lipinski definition) is 6. The third kappa shape index (κ3) is 6.52. The Labute approximate surface area is 156 Å². The summed E-state index contributed by atoms with van der Waals surface area (Å²) in [4.78, 5) is 13.3. The van der Waals surface area contributed by atoms with E-state index in [0.717, 1.165) is 16.0 Å². The van der Waals surface area contributed by atoms with E-state index in [1.165, 1.54) is 11.5 Å². The minimum Gasteiger partial charge on any atom is -0.263 e. The summed E-state index contributed by atoms with van der Waals surface area (Å²) in [5, 5.41) is 0. The Hall–Kier alpha value is -2.33. The molecule has 1 amide bonds. The number of rotatable bonds is 3. The van der Waals surface area contributed by atoms with E-state index in [9.17, 15) is 4.79 Å². The first-order chi connectivity index (χ1) is 12.2. The highest BCUT2D eigenvalue weighted by Gasteiger charge is 2.17. The van der Waals surface area contributed by atoms with Crippen LogP contribution in [0.1, 0.15) is 15.2 Å². The molecule has 0 spiro atoms. The molecule has 0 fully saturated rings. The number of aromatic nitrogens is 1. The SMILES string of the molecule is Cc1s[n+](NC(=O)c2ccccc2)cc1-c1ccccc1.[O-][Cl+3]([O-])([O-])[O-]. The summed E-state index contributed by atoms with van der Waals surface area (Å²) in [5.41, 5.74) is 5.82. The number of carbonyl (C=O) groups excluding carboxylic acids is 1. The summed E-state index contributed by atoms with van der Waals surface area (Å²) >= 11 is 1.52. The van der Waals surface area contributed by atoms with Gasteiger partial charge in [0.15, 0.2) is 11.5 Å². The molecule has 0 aliphatic heterocycles. The lowest BCUT2D eigenvalue weighted by Gasteiger charge is -2.17. The number of benzene rings is 2. The molecule has 0 atom stereocenters. The van der Waals surface area contributed by atoms with Crippen LogP contribution in [0.5, 0.6) is 0 Å². The van der Waals surface area contributed by atoms with Crippen LogP contribution in [0, 0.1) is 17.2 Å². The molecule has 0 aliphatic rings. The van der Waals surface area contributed by atoms with Crippen molar-refractivity contribution in [3.05, 3.63) is 77.3 Å². The highest BCUT2D eigenvalue weighted by atomic mass is 35.7. The lowest BCUT2D eigenvalue weighted by Crippen LogP contribution is -2.68. The van der Waals surface area contributed by atoms with E-state index in [2.05, 4.69) is 24.5 Å². The van der Waals surface area contributed by atoms with E-state index in [0.29, 0.717) is 5.56 Å². The normalized spacial score (nSPS) is 10.7. The number of carbonyl (C=O) groups is 1. The smallest absolute Gasteiger partial charge is 0.263 e. The van der Waals surface area contributed by atoms with Gasteiger partial charge in [0.2, 0.25) is 6.20 Å². The van der Waals surface area contributed by atoms with Crippen LogP contribution in [0.15, 0.2) is 66.9 Å². The monoisotopic (exact) mass is 394 g/mol. The number of nitrogens with one attached hydrogen (secondary N) is 1. The van der Waals surface area contributed by atoms with Gasteiger partial charge in [-0.2, -0.15) is 0 Å². The second-order valence-electron chi connectivity index (χ2n) is 5.07. The zero-order chi connectivity index (χ0) is 19.2. The van der Waals surface area contributed by atoms with E-state index in [4.69, 9.17) is 18.6 Å². The molecule has 26 heavy (non-hydrogen) atoms. The van der Waals surface area contributed by atoms with Gasteiger partial charge in [0.1, 0.15) is 0 Å². The first-order valence-electron chi connectivity index (χ1n) is 7.30. The van der Waals surface area contributed by atoms with Crippen LogP contribution in [0.3, 0.4) is 0 Å². The highest BCUT2D eigenvalue weighted by Crippen LogP contribution is 2.23. The summed E-state index contributed by atoms with van der Waals surface area (Å²) in [6.07, 6.45) is 1.95. The standard InChI is InChI=1S/C17H14N2OS.ClHO4/c1-13-16(14-8-4-2-5-9-14)12-19(21-13)18-17(20)15-10-6-3-7-11-15;2-1(3,4)5/h2-12H,1H3;(H,2,3,4,5). The molecule has 1 aromatic heterocycles. The van der Waals surface area contributed by atoms with Gasteiger partial charge in [0.25, 0.3) is 0 Å². The van der Waals surface area contributed by atoms with E-state index in [1.807, 2.05) is 42.6 Å². The number of aryl methyl sites for hydroxylation is 1. The second kappa shape index (κ2) is 8.86. The molecule has 0 unspecified atom stereocenters. The van der Waals surface area contributed by atoms with Crippen LogP contribution in [0.2, 0.25) is 0 Å². The molecule has 9 heteroatoms. The Bertz CT molecular complexity index is 845. The molecule has 1 N–H and O–H groups in total. The Kier molecular flexibility index (Phi) is 6.81. The predicted molar refractivity (Wildman–Crippen MR) is 84.8 cm³/mol. The Morgan fingerprint density at radius 2 is 1.46 bits per heavy atom. The number of nitrogens with zero attached hydrogens (tertiary/aromatic N) is 1. The van der Waals surface area contributed by atoms with E-state index >= 15 is 0 Å². The van der Waals surface area contributed by atoms with Crippen molar-refractivity contribution in [2.24, 2.45) is 0 Å². The van der Waals surface area contributed by atoms with Crippen LogP contribution >= 0.6 is 11.5 Å². The first-order valence-corrected chi connectivity index (χ1v) is 9.31. The zero-order valence-corrected chi connectivity index (χ0v) is 15.2. The van der Waals surface area contributed by atoms with Gasteiger partial charge in [-0.1, -0.05) is 48.5 Å². The Balaban J connectivity index is 0.000000431. The van der Waals surface area contributed by atoms with Crippen LogP contribution in [-0.4, -0.2) is 5.91 Å². The summed E-state index contributed by atoms with van der Waals surface area (Å²) in [6, 6.07) is 19.4. The minimum absolute atomic E-state index is 0.110. The predicted octanol–water partition coefficient (Wildman–Crippen LogP) is -1.36. The molecule has 0 radical (unpaired) electrons. The third-order valence-corrected chi connectivity index (χ3v) is 4.08. The summed E-state index contributed by atoms with van der Waals surface area (Å²) in [6.45, 7) is 2.05. The molecule has 0 saturated carbocycles. The van der Waals surface area contributed by atoms with Crippen LogP contribution in [-0.2, 0) is 0 Å². The maximum Gasteiger partial charge on any atom is 0.306 e. The van der Waals surface area contributed by atoms with Crippen LogP contribution < -0.4 is 28.1 Å². The molecular weight excluding hydrogens is 380 g/mol. The molecular formula is C17H15ClN2O5S.